The van der Waals surface area contributed by atoms with Gasteiger partial charge in [0.15, 0.2) is 0 Å². The van der Waals surface area contributed by atoms with Crippen molar-refractivity contribution in [1.82, 2.24) is 15.1 Å². The zero-order chi connectivity index (χ0) is 17.8. The predicted octanol–water partition coefficient (Wildman–Crippen LogP) is 3.62. The molecule has 1 N–H and O–H groups in total. The second kappa shape index (κ2) is 7.30. The molecular weight excluding hydrogens is 317 g/mol. The number of aryl methyl sites for hydroxylation is 1. The topological polar surface area (TPSA) is 46.9 Å². The summed E-state index contributed by atoms with van der Waals surface area (Å²) in [5, 5.41) is 7.35. The summed E-state index contributed by atoms with van der Waals surface area (Å²) in [6.45, 7) is 4.89. The van der Waals surface area contributed by atoms with E-state index in [1.807, 2.05) is 36.7 Å². The third-order valence-corrected chi connectivity index (χ3v) is 4.25. The summed E-state index contributed by atoms with van der Waals surface area (Å²) >= 11 is 0. The fourth-order valence-electron chi connectivity index (χ4n) is 2.81. The van der Waals surface area contributed by atoms with Gasteiger partial charge in [-0.1, -0.05) is 42.5 Å². The number of aromatic nitrogens is 2. The predicted molar refractivity (Wildman–Crippen MR) is 94.8 cm³/mol. The van der Waals surface area contributed by atoms with Crippen molar-refractivity contribution in [1.29, 1.82) is 0 Å². The van der Waals surface area contributed by atoms with Crippen LogP contribution in [0.4, 0.5) is 4.39 Å². The minimum Gasteiger partial charge on any atom is -0.348 e. The highest BCUT2D eigenvalue weighted by Crippen LogP contribution is 2.15. The molecule has 25 heavy (non-hydrogen) atoms. The third kappa shape index (κ3) is 3.76. The van der Waals surface area contributed by atoms with E-state index in [9.17, 15) is 9.18 Å². The molecule has 0 spiro atoms. The molecule has 0 fully saturated rings. The fraction of sp³-hybridized carbons (Fsp3) is 0.200. The number of benzene rings is 2. The Morgan fingerprint density at radius 3 is 2.48 bits per heavy atom. The average molecular weight is 337 g/mol. The van der Waals surface area contributed by atoms with E-state index < -0.39 is 11.7 Å². The Bertz CT molecular complexity index is 887. The van der Waals surface area contributed by atoms with Crippen molar-refractivity contribution in [2.24, 2.45) is 0 Å². The molecule has 3 aromatic rings. The Hall–Kier alpha value is -2.95. The van der Waals surface area contributed by atoms with Gasteiger partial charge in [-0.25, -0.2) is 4.39 Å². The number of hydrogen-bond acceptors (Lipinski definition) is 2. The molecule has 0 saturated heterocycles. The summed E-state index contributed by atoms with van der Waals surface area (Å²) in [4.78, 5) is 12.2. The van der Waals surface area contributed by atoms with Crippen LogP contribution in [0.2, 0.25) is 0 Å². The molecule has 0 bridgehead atoms. The van der Waals surface area contributed by atoms with Crippen LogP contribution in [-0.2, 0) is 13.1 Å². The molecule has 0 unspecified atom stereocenters. The van der Waals surface area contributed by atoms with Gasteiger partial charge in [0.1, 0.15) is 5.82 Å². The van der Waals surface area contributed by atoms with Gasteiger partial charge in [0.05, 0.1) is 17.8 Å². The largest absolute Gasteiger partial charge is 0.348 e. The number of nitrogens with zero attached hydrogens (tertiary/aromatic N) is 2. The van der Waals surface area contributed by atoms with Crippen LogP contribution >= 0.6 is 0 Å². The molecule has 1 heterocycles. The lowest BCUT2D eigenvalue weighted by atomic mass is 10.1. The van der Waals surface area contributed by atoms with Gasteiger partial charge < -0.3 is 5.32 Å². The highest BCUT2D eigenvalue weighted by molar-refractivity contribution is 5.94. The maximum Gasteiger partial charge on any atom is 0.254 e. The lowest BCUT2D eigenvalue weighted by Crippen LogP contribution is -2.24. The molecule has 1 aromatic heterocycles. The highest BCUT2D eigenvalue weighted by atomic mass is 19.1. The van der Waals surface area contributed by atoms with Crippen molar-refractivity contribution in [2.75, 3.05) is 0 Å². The first kappa shape index (κ1) is 16.9. The quantitative estimate of drug-likeness (QED) is 0.773. The molecule has 3 rings (SSSR count). The highest BCUT2D eigenvalue weighted by Gasteiger charge is 2.15. The van der Waals surface area contributed by atoms with Gasteiger partial charge in [-0.2, -0.15) is 5.10 Å². The van der Waals surface area contributed by atoms with Gasteiger partial charge in [0.25, 0.3) is 5.91 Å². The molecule has 5 heteroatoms. The van der Waals surface area contributed by atoms with Crippen molar-refractivity contribution in [2.45, 2.75) is 26.9 Å². The molecule has 4 nitrogen and oxygen atoms in total. The van der Waals surface area contributed by atoms with Crippen LogP contribution in [0.5, 0.6) is 0 Å². The zero-order valence-electron chi connectivity index (χ0n) is 14.3. The number of nitrogens with one attached hydrogen (secondary N) is 1. The summed E-state index contributed by atoms with van der Waals surface area (Å²) in [5.74, 6) is -0.944. The van der Waals surface area contributed by atoms with Crippen LogP contribution in [0.25, 0.3) is 0 Å². The van der Waals surface area contributed by atoms with Crippen molar-refractivity contribution < 1.29 is 9.18 Å². The van der Waals surface area contributed by atoms with Crippen LogP contribution in [0.3, 0.4) is 0 Å². The molecule has 1 amide bonds. The number of carbonyl (C=O) groups excluding carboxylic acids is 1. The SMILES string of the molecule is Cc1nn(Cc2ccccc2)c(C)c1CNC(=O)c1ccccc1F. The molecular formula is C20H20FN3O. The second-order valence-corrected chi connectivity index (χ2v) is 5.96. The summed E-state index contributed by atoms with van der Waals surface area (Å²) in [7, 11) is 0. The summed E-state index contributed by atoms with van der Waals surface area (Å²) in [6.07, 6.45) is 0. The van der Waals surface area contributed by atoms with Crippen LogP contribution in [0.1, 0.15) is 32.9 Å². The van der Waals surface area contributed by atoms with Gasteiger partial charge in [-0.05, 0) is 31.5 Å². The molecule has 0 aliphatic carbocycles. The van der Waals surface area contributed by atoms with Crippen LogP contribution < -0.4 is 5.32 Å². The number of amides is 1. The third-order valence-electron chi connectivity index (χ3n) is 4.25. The summed E-state index contributed by atoms with van der Waals surface area (Å²) in [6, 6.07) is 16.0. The molecule has 0 aliphatic rings. The number of carbonyl (C=O) groups is 1. The average Bonchev–Trinajstić information content (AvgIpc) is 2.87. The summed E-state index contributed by atoms with van der Waals surface area (Å²) < 4.78 is 15.6. The molecule has 0 aliphatic heterocycles. The first-order chi connectivity index (χ1) is 12.1. The Labute approximate surface area is 146 Å². The van der Waals surface area contributed by atoms with Crippen molar-refractivity contribution in [3.8, 4) is 0 Å². The fourth-order valence-corrected chi connectivity index (χ4v) is 2.81. The minimum absolute atomic E-state index is 0.0504. The van der Waals surface area contributed by atoms with Crippen molar-refractivity contribution >= 4 is 5.91 Å². The van der Waals surface area contributed by atoms with Crippen molar-refractivity contribution in [3.63, 3.8) is 0 Å². The first-order valence-corrected chi connectivity index (χ1v) is 8.16. The number of halogens is 1. The van der Waals surface area contributed by atoms with E-state index in [-0.39, 0.29) is 5.56 Å². The lowest BCUT2D eigenvalue weighted by Gasteiger charge is -2.08. The molecule has 0 radical (unpaired) electrons. The standard InChI is InChI=1S/C20H20FN3O/c1-14-18(12-22-20(25)17-10-6-7-11-19(17)21)15(2)24(23-14)13-16-8-4-3-5-9-16/h3-11H,12-13H2,1-2H3,(H,22,25). The van der Waals surface area contributed by atoms with E-state index in [0.717, 1.165) is 22.5 Å². The van der Waals surface area contributed by atoms with Crippen LogP contribution in [0, 0.1) is 19.7 Å². The van der Waals surface area contributed by atoms with E-state index in [1.165, 1.54) is 12.1 Å². The zero-order valence-corrected chi connectivity index (χ0v) is 14.3. The molecule has 0 saturated carbocycles. The van der Waals surface area contributed by atoms with Crippen molar-refractivity contribution in [3.05, 3.63) is 88.5 Å². The van der Waals surface area contributed by atoms with Crippen LogP contribution in [-0.4, -0.2) is 15.7 Å². The van der Waals surface area contributed by atoms with Gasteiger partial charge in [-0.15, -0.1) is 0 Å². The van der Waals surface area contributed by atoms with Gasteiger partial charge in [0, 0.05) is 17.8 Å². The summed E-state index contributed by atoms with van der Waals surface area (Å²) in [5.41, 5.74) is 4.03. The Balaban J connectivity index is 1.73. The van der Waals surface area contributed by atoms with Crippen LogP contribution in [0.15, 0.2) is 54.6 Å². The maximum absolute atomic E-state index is 13.7. The van der Waals surface area contributed by atoms with E-state index in [1.54, 1.807) is 12.1 Å². The van der Waals surface area contributed by atoms with Gasteiger partial charge in [0.2, 0.25) is 0 Å². The maximum atomic E-state index is 13.7. The second-order valence-electron chi connectivity index (χ2n) is 5.96. The first-order valence-electron chi connectivity index (χ1n) is 8.16. The smallest absolute Gasteiger partial charge is 0.254 e. The number of rotatable bonds is 5. The minimum atomic E-state index is -0.520. The van der Waals surface area contributed by atoms with Gasteiger partial charge in [-0.3, -0.25) is 9.48 Å². The van der Waals surface area contributed by atoms with E-state index in [0.29, 0.717) is 13.1 Å². The number of hydrogen-bond donors (Lipinski definition) is 1. The molecule has 128 valence electrons. The van der Waals surface area contributed by atoms with Gasteiger partial charge >= 0.3 is 0 Å². The lowest BCUT2D eigenvalue weighted by molar-refractivity contribution is 0.0947. The Morgan fingerprint density at radius 1 is 1.08 bits per heavy atom. The molecule has 2 aromatic carbocycles. The van der Waals surface area contributed by atoms with E-state index in [4.69, 9.17) is 0 Å². The Kier molecular flexibility index (Phi) is 4.93. The monoisotopic (exact) mass is 337 g/mol. The Morgan fingerprint density at radius 2 is 1.76 bits per heavy atom. The molecule has 0 atom stereocenters. The van der Waals surface area contributed by atoms with E-state index in [2.05, 4.69) is 22.5 Å². The van der Waals surface area contributed by atoms with E-state index >= 15 is 0 Å². The normalized spacial score (nSPS) is 10.7.